The van der Waals surface area contributed by atoms with Gasteiger partial charge >= 0.3 is 5.97 Å². The largest absolute Gasteiger partial charge is 0.488 e. The number of hydrogen-bond acceptors (Lipinski definition) is 5. The molecule has 6 nitrogen and oxygen atoms in total. The second-order valence-electron chi connectivity index (χ2n) is 6.45. The van der Waals surface area contributed by atoms with E-state index in [9.17, 15) is 14.7 Å². The van der Waals surface area contributed by atoms with E-state index in [4.69, 9.17) is 9.47 Å². The number of carbonyl (C=O) groups is 2. The number of esters is 1. The van der Waals surface area contributed by atoms with E-state index in [1.807, 2.05) is 0 Å². The van der Waals surface area contributed by atoms with E-state index in [0.29, 0.717) is 43.2 Å². The Bertz CT molecular complexity index is 572. The molecular weight excluding hydrogens is 322 g/mol. The zero-order chi connectivity index (χ0) is 18.2. The molecule has 0 radical (unpaired) electrons. The predicted octanol–water partition coefficient (Wildman–Crippen LogP) is 2.90. The van der Waals surface area contributed by atoms with Gasteiger partial charge in [-0.2, -0.15) is 0 Å². The van der Waals surface area contributed by atoms with Crippen LogP contribution >= 0.6 is 0 Å². The lowest BCUT2D eigenvalue weighted by molar-refractivity contribution is -0.143. The number of anilines is 1. The number of nitrogens with one attached hydrogen (secondary N) is 1. The van der Waals surface area contributed by atoms with Crippen molar-refractivity contribution in [3.63, 3.8) is 0 Å². The summed E-state index contributed by atoms with van der Waals surface area (Å²) in [5.41, 5.74) is 0.705. The standard InChI is InChI=1S/C19H27NO5/c1-3-24-19(23)11-5-14-4-10-17(22)18(12-14)25-16-8-6-15(7-9-16)20-13(2)21/h6-9,14,17-18,22H,3-5,10-12H2,1-2H3,(H,20,21). The van der Waals surface area contributed by atoms with Gasteiger partial charge in [0.05, 0.1) is 12.7 Å². The third-order valence-electron chi connectivity index (χ3n) is 4.39. The lowest BCUT2D eigenvalue weighted by atomic mass is 9.82. The molecule has 2 N–H and O–H groups in total. The molecule has 138 valence electrons. The van der Waals surface area contributed by atoms with Crippen LogP contribution in [-0.4, -0.2) is 35.8 Å². The van der Waals surface area contributed by atoms with E-state index in [2.05, 4.69) is 5.32 Å². The Morgan fingerprint density at radius 2 is 1.96 bits per heavy atom. The maximum atomic E-state index is 11.5. The van der Waals surface area contributed by atoms with Crippen LogP contribution < -0.4 is 10.1 Å². The van der Waals surface area contributed by atoms with Crippen molar-refractivity contribution in [2.45, 2.75) is 58.2 Å². The Labute approximate surface area is 148 Å². The highest BCUT2D eigenvalue weighted by molar-refractivity contribution is 5.88. The molecule has 6 heteroatoms. The van der Waals surface area contributed by atoms with Gasteiger partial charge in [-0.05, 0) is 62.8 Å². The van der Waals surface area contributed by atoms with Crippen LogP contribution in [0.4, 0.5) is 5.69 Å². The first kappa shape index (κ1) is 19.2. The molecule has 2 rings (SSSR count). The highest BCUT2D eigenvalue weighted by Crippen LogP contribution is 2.31. The molecule has 0 spiro atoms. The fourth-order valence-corrected chi connectivity index (χ4v) is 3.13. The summed E-state index contributed by atoms with van der Waals surface area (Å²) in [5.74, 6) is 0.709. The Morgan fingerprint density at radius 1 is 1.24 bits per heavy atom. The monoisotopic (exact) mass is 349 g/mol. The molecule has 1 aliphatic rings. The zero-order valence-electron chi connectivity index (χ0n) is 14.9. The summed E-state index contributed by atoms with van der Waals surface area (Å²) in [5, 5.41) is 12.9. The molecule has 1 aromatic rings. The third kappa shape index (κ3) is 6.38. The minimum atomic E-state index is -0.506. The van der Waals surface area contributed by atoms with Gasteiger partial charge in [-0.3, -0.25) is 9.59 Å². The Kier molecular flexibility index (Phi) is 7.25. The maximum absolute atomic E-state index is 11.5. The fraction of sp³-hybridized carbons (Fsp3) is 0.579. The van der Waals surface area contributed by atoms with Crippen molar-refractivity contribution < 1.29 is 24.2 Å². The van der Waals surface area contributed by atoms with Crippen LogP contribution in [0.1, 0.15) is 46.0 Å². The van der Waals surface area contributed by atoms with Crippen LogP contribution in [0.2, 0.25) is 0 Å². The van der Waals surface area contributed by atoms with E-state index in [1.54, 1.807) is 31.2 Å². The molecule has 1 aromatic carbocycles. The molecule has 1 aliphatic carbocycles. The second kappa shape index (κ2) is 9.42. The summed E-state index contributed by atoms with van der Waals surface area (Å²) in [4.78, 5) is 22.5. The summed E-state index contributed by atoms with van der Waals surface area (Å²) >= 11 is 0. The van der Waals surface area contributed by atoms with Gasteiger partial charge in [-0.1, -0.05) is 0 Å². The minimum absolute atomic E-state index is 0.124. The first-order valence-corrected chi connectivity index (χ1v) is 8.86. The highest BCUT2D eigenvalue weighted by atomic mass is 16.5. The Hall–Kier alpha value is -2.08. The quantitative estimate of drug-likeness (QED) is 0.740. The van der Waals surface area contributed by atoms with E-state index in [0.717, 1.165) is 12.8 Å². The molecule has 0 bridgehead atoms. The zero-order valence-corrected chi connectivity index (χ0v) is 14.9. The molecule has 3 atom stereocenters. The second-order valence-corrected chi connectivity index (χ2v) is 6.45. The summed E-state index contributed by atoms with van der Waals surface area (Å²) in [7, 11) is 0. The number of carbonyl (C=O) groups excluding carboxylic acids is 2. The molecule has 0 aromatic heterocycles. The van der Waals surface area contributed by atoms with Crippen molar-refractivity contribution in [2.75, 3.05) is 11.9 Å². The van der Waals surface area contributed by atoms with Crippen molar-refractivity contribution >= 4 is 17.6 Å². The molecule has 0 saturated heterocycles. The van der Waals surface area contributed by atoms with E-state index in [-0.39, 0.29) is 18.0 Å². The summed E-state index contributed by atoms with van der Waals surface area (Å²) in [6, 6.07) is 7.09. The first-order chi connectivity index (χ1) is 12.0. The van der Waals surface area contributed by atoms with Crippen LogP contribution in [0.3, 0.4) is 0 Å². The lowest BCUT2D eigenvalue weighted by Crippen LogP contribution is -2.38. The van der Waals surface area contributed by atoms with Crippen LogP contribution in [0.15, 0.2) is 24.3 Å². The summed E-state index contributed by atoms with van der Waals surface area (Å²) in [6.45, 7) is 3.66. The molecule has 0 heterocycles. The molecule has 1 fully saturated rings. The number of amides is 1. The minimum Gasteiger partial charge on any atom is -0.488 e. The molecular formula is C19H27NO5. The van der Waals surface area contributed by atoms with Crippen LogP contribution in [0, 0.1) is 5.92 Å². The molecule has 3 unspecified atom stereocenters. The molecule has 25 heavy (non-hydrogen) atoms. The van der Waals surface area contributed by atoms with Crippen LogP contribution in [0.25, 0.3) is 0 Å². The van der Waals surface area contributed by atoms with Gasteiger partial charge in [0.25, 0.3) is 0 Å². The summed E-state index contributed by atoms with van der Waals surface area (Å²) < 4.78 is 10.9. The fourth-order valence-electron chi connectivity index (χ4n) is 3.13. The van der Waals surface area contributed by atoms with Gasteiger partial charge in [0.2, 0.25) is 5.91 Å². The molecule has 1 amide bonds. The number of aliphatic hydroxyl groups is 1. The van der Waals surface area contributed by atoms with Crippen molar-refractivity contribution in [2.24, 2.45) is 5.92 Å². The maximum Gasteiger partial charge on any atom is 0.305 e. The smallest absolute Gasteiger partial charge is 0.305 e. The van der Waals surface area contributed by atoms with Crippen molar-refractivity contribution in [1.82, 2.24) is 0 Å². The number of rotatable bonds is 7. The van der Waals surface area contributed by atoms with Gasteiger partial charge in [0.1, 0.15) is 11.9 Å². The van der Waals surface area contributed by atoms with Crippen LogP contribution in [-0.2, 0) is 14.3 Å². The molecule has 1 saturated carbocycles. The lowest BCUT2D eigenvalue weighted by Gasteiger charge is -2.33. The van der Waals surface area contributed by atoms with Gasteiger partial charge in [-0.15, -0.1) is 0 Å². The average molecular weight is 349 g/mol. The van der Waals surface area contributed by atoms with Crippen LogP contribution in [0.5, 0.6) is 5.75 Å². The summed E-state index contributed by atoms with van der Waals surface area (Å²) in [6.07, 6.45) is 2.65. The number of hydrogen-bond donors (Lipinski definition) is 2. The van der Waals surface area contributed by atoms with Gasteiger partial charge in [0.15, 0.2) is 0 Å². The van der Waals surface area contributed by atoms with Crippen molar-refractivity contribution in [3.8, 4) is 5.75 Å². The normalized spacial score (nSPS) is 22.9. The number of benzene rings is 1. The predicted molar refractivity (Wildman–Crippen MR) is 94.4 cm³/mol. The van der Waals surface area contributed by atoms with Crippen molar-refractivity contribution in [3.05, 3.63) is 24.3 Å². The van der Waals surface area contributed by atoms with Gasteiger partial charge in [0, 0.05) is 19.0 Å². The van der Waals surface area contributed by atoms with Crippen molar-refractivity contribution in [1.29, 1.82) is 0 Å². The van der Waals surface area contributed by atoms with Gasteiger partial charge in [-0.25, -0.2) is 0 Å². The Morgan fingerprint density at radius 3 is 2.60 bits per heavy atom. The number of aliphatic hydroxyl groups excluding tert-OH is 1. The van der Waals surface area contributed by atoms with E-state index in [1.165, 1.54) is 6.92 Å². The third-order valence-corrected chi connectivity index (χ3v) is 4.39. The molecule has 0 aliphatic heterocycles. The van der Waals surface area contributed by atoms with Gasteiger partial charge < -0.3 is 19.9 Å². The SMILES string of the molecule is CCOC(=O)CCC1CCC(O)C(Oc2ccc(NC(C)=O)cc2)C1. The average Bonchev–Trinajstić information content (AvgIpc) is 2.57. The first-order valence-electron chi connectivity index (χ1n) is 8.86. The Balaban J connectivity index is 1.86. The topological polar surface area (TPSA) is 84.9 Å². The van der Waals surface area contributed by atoms with E-state index >= 15 is 0 Å². The number of ether oxygens (including phenoxy) is 2. The van der Waals surface area contributed by atoms with E-state index < -0.39 is 6.10 Å². The highest BCUT2D eigenvalue weighted by Gasteiger charge is 2.31.